The van der Waals surface area contributed by atoms with E-state index >= 15 is 0 Å². The Bertz CT molecular complexity index is 626. The number of carbonyl (C=O) groups excluding carboxylic acids is 1. The molecule has 0 radical (unpaired) electrons. The van der Waals surface area contributed by atoms with Gasteiger partial charge < -0.3 is 10.1 Å². The van der Waals surface area contributed by atoms with Gasteiger partial charge in [0.2, 0.25) is 0 Å². The van der Waals surface area contributed by atoms with Gasteiger partial charge in [-0.15, -0.1) is 0 Å². The van der Waals surface area contributed by atoms with Gasteiger partial charge in [0.15, 0.2) is 0 Å². The lowest BCUT2D eigenvalue weighted by molar-refractivity contribution is 0.0523. The van der Waals surface area contributed by atoms with Gasteiger partial charge in [0.25, 0.3) is 0 Å². The Morgan fingerprint density at radius 2 is 2.05 bits per heavy atom. The second-order valence-electron chi connectivity index (χ2n) is 6.21. The van der Waals surface area contributed by atoms with Crippen molar-refractivity contribution in [3.63, 3.8) is 0 Å². The lowest BCUT2D eigenvalue weighted by atomic mass is 10.2. The summed E-state index contributed by atoms with van der Waals surface area (Å²) in [6.07, 6.45) is 5.05. The zero-order chi connectivity index (χ0) is 16.2. The number of rotatable bonds is 4. The van der Waals surface area contributed by atoms with Crippen LogP contribution in [0.5, 0.6) is 0 Å². The highest BCUT2D eigenvalue weighted by atomic mass is 16.6. The Hall–Kier alpha value is -2.37. The van der Waals surface area contributed by atoms with Crippen molar-refractivity contribution in [1.29, 1.82) is 0 Å². The molecule has 0 saturated carbocycles. The summed E-state index contributed by atoms with van der Waals surface area (Å²) in [5, 5.41) is 7.00. The van der Waals surface area contributed by atoms with Crippen LogP contribution in [0.1, 0.15) is 37.6 Å². The third kappa shape index (κ3) is 5.20. The van der Waals surface area contributed by atoms with E-state index in [9.17, 15) is 4.79 Å². The number of carbonyl (C=O) groups is 1. The Morgan fingerprint density at radius 3 is 2.68 bits per heavy atom. The van der Waals surface area contributed by atoms with Gasteiger partial charge in [0, 0.05) is 30.2 Å². The van der Waals surface area contributed by atoms with Crippen LogP contribution >= 0.6 is 0 Å². The van der Waals surface area contributed by atoms with Crippen LogP contribution < -0.4 is 5.32 Å². The Balaban J connectivity index is 1.86. The maximum atomic E-state index is 11.6. The minimum Gasteiger partial charge on any atom is -0.444 e. The van der Waals surface area contributed by atoms with E-state index < -0.39 is 11.7 Å². The van der Waals surface area contributed by atoms with Crippen molar-refractivity contribution in [2.24, 2.45) is 0 Å². The first-order chi connectivity index (χ1) is 10.3. The fraction of sp³-hybridized carbons (Fsp3) is 0.438. The number of amides is 1. The molecule has 2 rings (SSSR count). The molecule has 1 N–H and O–H groups in total. The lowest BCUT2D eigenvalue weighted by Gasteiger charge is -2.19. The zero-order valence-corrected chi connectivity index (χ0v) is 13.5. The quantitative estimate of drug-likeness (QED) is 0.942. The summed E-state index contributed by atoms with van der Waals surface area (Å²) < 4.78 is 7.01. The molecule has 0 aromatic carbocycles. The molecule has 0 aliphatic heterocycles. The number of aromatic nitrogens is 3. The second kappa shape index (κ2) is 6.60. The molecule has 0 saturated heterocycles. The highest BCUT2D eigenvalue weighted by Crippen LogP contribution is 2.07. The van der Waals surface area contributed by atoms with E-state index in [-0.39, 0.29) is 0 Å². The second-order valence-corrected chi connectivity index (χ2v) is 6.21. The first-order valence-electron chi connectivity index (χ1n) is 7.21. The molecule has 0 fully saturated rings. The number of nitrogens with zero attached hydrogens (tertiary/aromatic N) is 3. The Morgan fingerprint density at radius 1 is 1.27 bits per heavy atom. The summed E-state index contributed by atoms with van der Waals surface area (Å²) in [5.41, 5.74) is 2.50. The number of ether oxygens (including phenoxy) is 1. The van der Waals surface area contributed by atoms with Gasteiger partial charge in [-0.3, -0.25) is 9.67 Å². The molecular weight excluding hydrogens is 280 g/mol. The maximum absolute atomic E-state index is 11.6. The summed E-state index contributed by atoms with van der Waals surface area (Å²) in [6.45, 7) is 8.50. The first-order valence-corrected chi connectivity index (χ1v) is 7.21. The zero-order valence-electron chi connectivity index (χ0n) is 13.5. The van der Waals surface area contributed by atoms with Crippen molar-refractivity contribution in [3.05, 3.63) is 47.5 Å². The van der Waals surface area contributed by atoms with E-state index in [1.807, 2.05) is 56.9 Å². The summed E-state index contributed by atoms with van der Waals surface area (Å²) in [7, 11) is 0. The van der Waals surface area contributed by atoms with Gasteiger partial charge in [0.1, 0.15) is 5.60 Å². The number of alkyl carbamates (subject to hydrolysis) is 1. The van der Waals surface area contributed by atoms with Crippen LogP contribution in [0, 0.1) is 6.92 Å². The standard InChI is InChI=1S/C16H22N4O2/c1-12-5-6-13(7-17-12)10-20-11-14(9-19-20)8-18-15(21)22-16(2,3)4/h5-7,9,11H,8,10H2,1-4H3,(H,18,21). The molecular formula is C16H22N4O2. The summed E-state index contributed by atoms with van der Waals surface area (Å²) >= 11 is 0. The van der Waals surface area contributed by atoms with Crippen molar-refractivity contribution in [3.8, 4) is 0 Å². The van der Waals surface area contributed by atoms with E-state index in [0.717, 1.165) is 16.8 Å². The van der Waals surface area contributed by atoms with E-state index in [1.165, 1.54) is 0 Å². The number of nitrogens with one attached hydrogen (secondary N) is 1. The lowest BCUT2D eigenvalue weighted by Crippen LogP contribution is -2.32. The molecule has 2 heterocycles. The van der Waals surface area contributed by atoms with Crippen molar-refractivity contribution in [2.45, 2.75) is 46.4 Å². The minimum atomic E-state index is -0.493. The SMILES string of the molecule is Cc1ccc(Cn2cc(CNC(=O)OC(C)(C)C)cn2)cn1. The molecule has 118 valence electrons. The van der Waals surface area contributed by atoms with E-state index in [2.05, 4.69) is 15.4 Å². The molecule has 0 spiro atoms. The number of hydrogen-bond acceptors (Lipinski definition) is 4. The van der Waals surface area contributed by atoms with Crippen LogP contribution in [-0.2, 0) is 17.8 Å². The monoisotopic (exact) mass is 302 g/mol. The molecule has 0 atom stereocenters. The van der Waals surface area contributed by atoms with Crippen LogP contribution in [0.4, 0.5) is 4.79 Å². The third-order valence-electron chi connectivity index (χ3n) is 2.84. The predicted molar refractivity (Wildman–Crippen MR) is 83.4 cm³/mol. The number of hydrogen-bond donors (Lipinski definition) is 1. The van der Waals surface area contributed by atoms with Crippen molar-refractivity contribution >= 4 is 6.09 Å². The van der Waals surface area contributed by atoms with Gasteiger partial charge in [-0.05, 0) is 39.3 Å². The van der Waals surface area contributed by atoms with Gasteiger partial charge >= 0.3 is 6.09 Å². The smallest absolute Gasteiger partial charge is 0.407 e. The first kappa shape index (κ1) is 16.0. The van der Waals surface area contributed by atoms with Crippen LogP contribution in [0.3, 0.4) is 0 Å². The van der Waals surface area contributed by atoms with Gasteiger partial charge in [-0.1, -0.05) is 6.07 Å². The average molecular weight is 302 g/mol. The van der Waals surface area contributed by atoms with E-state index in [1.54, 1.807) is 6.20 Å². The fourth-order valence-electron chi connectivity index (χ4n) is 1.85. The van der Waals surface area contributed by atoms with Crippen LogP contribution in [0.2, 0.25) is 0 Å². The van der Waals surface area contributed by atoms with Crippen LogP contribution in [-0.4, -0.2) is 26.5 Å². The largest absolute Gasteiger partial charge is 0.444 e. The van der Waals surface area contributed by atoms with Gasteiger partial charge in [0.05, 0.1) is 12.7 Å². The summed E-state index contributed by atoms with van der Waals surface area (Å²) in [4.78, 5) is 15.9. The van der Waals surface area contributed by atoms with Crippen molar-refractivity contribution < 1.29 is 9.53 Å². The van der Waals surface area contributed by atoms with E-state index in [0.29, 0.717) is 13.1 Å². The molecule has 0 unspecified atom stereocenters. The fourth-order valence-corrected chi connectivity index (χ4v) is 1.85. The summed E-state index contributed by atoms with van der Waals surface area (Å²) in [5.74, 6) is 0. The summed E-state index contributed by atoms with van der Waals surface area (Å²) in [6, 6.07) is 4.01. The normalized spacial score (nSPS) is 11.3. The molecule has 6 nitrogen and oxygen atoms in total. The molecule has 2 aromatic heterocycles. The number of pyridine rings is 1. The molecule has 2 aromatic rings. The Kier molecular flexibility index (Phi) is 4.80. The van der Waals surface area contributed by atoms with Crippen LogP contribution in [0.15, 0.2) is 30.7 Å². The van der Waals surface area contributed by atoms with Crippen molar-refractivity contribution in [2.75, 3.05) is 0 Å². The third-order valence-corrected chi connectivity index (χ3v) is 2.84. The highest BCUT2D eigenvalue weighted by molar-refractivity contribution is 5.67. The van der Waals surface area contributed by atoms with E-state index in [4.69, 9.17) is 4.74 Å². The predicted octanol–water partition coefficient (Wildman–Crippen LogP) is 2.66. The Labute approximate surface area is 130 Å². The van der Waals surface area contributed by atoms with Crippen molar-refractivity contribution in [1.82, 2.24) is 20.1 Å². The van der Waals surface area contributed by atoms with Crippen LogP contribution in [0.25, 0.3) is 0 Å². The molecule has 0 aliphatic carbocycles. The van der Waals surface area contributed by atoms with Gasteiger partial charge in [-0.2, -0.15) is 5.10 Å². The molecule has 22 heavy (non-hydrogen) atoms. The van der Waals surface area contributed by atoms with Gasteiger partial charge in [-0.25, -0.2) is 4.79 Å². The molecule has 0 bridgehead atoms. The molecule has 6 heteroatoms. The molecule has 1 amide bonds. The number of aryl methyl sites for hydroxylation is 1. The average Bonchev–Trinajstić information content (AvgIpc) is 2.85. The topological polar surface area (TPSA) is 69.0 Å². The maximum Gasteiger partial charge on any atom is 0.407 e. The minimum absolute atomic E-state index is 0.390. The highest BCUT2D eigenvalue weighted by Gasteiger charge is 2.15. The molecule has 0 aliphatic rings.